The van der Waals surface area contributed by atoms with Gasteiger partial charge in [-0.3, -0.25) is 19.2 Å². The Balaban J connectivity index is 0.00000233. The zero-order valence-electron chi connectivity index (χ0n) is 32.1. The number of carboxylic acid groups (broad SMARTS) is 1. The normalized spacial score (nSPS) is 18.3. The predicted molar refractivity (Wildman–Crippen MR) is 215 cm³/mol. The number of nitrogens with one attached hydrogen (secondary N) is 3. The number of amides is 2. The maximum atomic E-state index is 13.4. The highest BCUT2D eigenvalue weighted by atomic mass is 32.2. The summed E-state index contributed by atoms with van der Waals surface area (Å²) in [5, 5.41) is 27.8. The molecular weight excluding hydrogens is 718 g/mol. The van der Waals surface area contributed by atoms with E-state index in [2.05, 4.69) is 44.7 Å². The van der Waals surface area contributed by atoms with Crippen LogP contribution in [-0.4, -0.2) is 123 Å². The van der Waals surface area contributed by atoms with E-state index >= 15 is 0 Å². The van der Waals surface area contributed by atoms with E-state index < -0.39 is 34.7 Å². The molecule has 1 aliphatic rings. The van der Waals surface area contributed by atoms with Crippen LogP contribution in [0.1, 0.15) is 101 Å². The van der Waals surface area contributed by atoms with E-state index in [1.807, 2.05) is 48.5 Å². The molecule has 6 atom stereocenters. The molecule has 0 saturated heterocycles. The minimum absolute atomic E-state index is 0.0563. The van der Waals surface area contributed by atoms with Gasteiger partial charge in [-0.05, 0) is 66.5 Å². The van der Waals surface area contributed by atoms with E-state index in [1.165, 1.54) is 0 Å². The van der Waals surface area contributed by atoms with Crippen LogP contribution < -0.4 is 16.0 Å². The number of carbonyl (C=O) groups is 4. The Kier molecular flexibility index (Phi) is 24.4. The van der Waals surface area contributed by atoms with E-state index in [9.17, 15) is 24.3 Å². The zero-order valence-corrected chi connectivity index (χ0v) is 35.8. The Morgan fingerprint density at radius 1 is 0.940 bits per heavy atom. The van der Waals surface area contributed by atoms with Crippen molar-refractivity contribution in [2.24, 2.45) is 5.41 Å². The Labute approximate surface area is 318 Å². The number of ether oxygens (including phenoxy) is 2. The van der Waals surface area contributed by atoms with Gasteiger partial charge in [0.15, 0.2) is 0 Å². The maximum absolute atomic E-state index is 13.4. The summed E-state index contributed by atoms with van der Waals surface area (Å²) in [4.78, 5) is 50.1. The number of carboxylic acids is 1. The number of rotatable bonds is 25. The van der Waals surface area contributed by atoms with E-state index in [1.54, 1.807) is 37.4 Å². The summed E-state index contributed by atoms with van der Waals surface area (Å²) in [5.74, 6) is 0.377. The third-order valence-electron chi connectivity index (χ3n) is 7.88. The van der Waals surface area contributed by atoms with Crippen molar-refractivity contribution < 1.29 is 38.9 Å². The number of aliphatic hydroxyl groups excluding tert-OH is 1. The van der Waals surface area contributed by atoms with Gasteiger partial charge in [-0.2, -0.15) is 36.2 Å². The van der Waals surface area contributed by atoms with E-state index in [4.69, 9.17) is 14.6 Å². The molecule has 1 aliphatic carbocycles. The molecule has 1 fully saturated rings. The molecule has 0 bridgehead atoms. The van der Waals surface area contributed by atoms with Crippen LogP contribution in [-0.2, 0) is 28.7 Å². The second-order valence-electron chi connectivity index (χ2n) is 15.1. The van der Waals surface area contributed by atoms with Crippen molar-refractivity contribution in [3.05, 3.63) is 0 Å². The largest absolute Gasteiger partial charge is 0.480 e. The first-order chi connectivity index (χ1) is 23.1. The van der Waals surface area contributed by atoms with E-state index in [0.29, 0.717) is 53.0 Å². The fraction of sp³-hybridized carbons (Fsp3) is 0.886. The van der Waals surface area contributed by atoms with Crippen LogP contribution in [0.5, 0.6) is 0 Å². The third kappa shape index (κ3) is 21.8. The van der Waals surface area contributed by atoms with Gasteiger partial charge < -0.3 is 35.6 Å². The van der Waals surface area contributed by atoms with Gasteiger partial charge in [0, 0.05) is 53.2 Å². The van der Waals surface area contributed by atoms with Crippen molar-refractivity contribution in [3.63, 3.8) is 0 Å². The van der Waals surface area contributed by atoms with Crippen molar-refractivity contribution in [2.45, 2.75) is 147 Å². The van der Waals surface area contributed by atoms with Crippen molar-refractivity contribution in [2.75, 3.05) is 43.6 Å². The van der Waals surface area contributed by atoms with Gasteiger partial charge in [0.1, 0.15) is 17.9 Å². The van der Waals surface area contributed by atoms with Crippen molar-refractivity contribution in [1.82, 2.24) is 16.0 Å². The SMILES string of the molecule is CC(C)(CO)OCCS.CCC(=O)CC(C)(C)OCC(C)(C)C(=O)NC(CSC1CCC1SCC(NC(C)C)C(=O)O)C(=O)NCCC(C)P. The predicted octanol–water partition coefficient (Wildman–Crippen LogP) is 4.58. The van der Waals surface area contributed by atoms with Gasteiger partial charge in [0.25, 0.3) is 0 Å². The van der Waals surface area contributed by atoms with Crippen LogP contribution in [0.2, 0.25) is 0 Å². The molecule has 1 saturated carbocycles. The minimum Gasteiger partial charge on any atom is -0.480 e. The number of thioether (sulfide) groups is 2. The smallest absolute Gasteiger partial charge is 0.321 e. The zero-order chi connectivity index (χ0) is 38.7. The lowest BCUT2D eigenvalue weighted by Gasteiger charge is -2.37. The molecule has 50 heavy (non-hydrogen) atoms. The highest BCUT2D eigenvalue weighted by Crippen LogP contribution is 2.40. The molecule has 0 aromatic heterocycles. The molecule has 6 unspecified atom stereocenters. The molecule has 0 spiro atoms. The monoisotopic (exact) mass is 785 g/mol. The topological polar surface area (TPSA) is 163 Å². The lowest BCUT2D eigenvalue weighted by Crippen LogP contribution is -2.53. The number of ketones is 1. The highest BCUT2D eigenvalue weighted by Gasteiger charge is 2.37. The van der Waals surface area contributed by atoms with Crippen molar-refractivity contribution in [1.29, 1.82) is 0 Å². The molecule has 0 heterocycles. The summed E-state index contributed by atoms with van der Waals surface area (Å²) in [7, 11) is 2.72. The molecule has 5 N–H and O–H groups in total. The summed E-state index contributed by atoms with van der Waals surface area (Å²) in [5.41, 5.74) is -1.63. The summed E-state index contributed by atoms with van der Waals surface area (Å²) in [6.07, 6.45) is 3.53. The first-order valence-electron chi connectivity index (χ1n) is 17.7. The number of hydrogen-bond acceptors (Lipinski definition) is 11. The number of Topliss-reactive ketones (excluding diaryl/α,β-unsaturated/α-hetero) is 1. The second kappa shape index (κ2) is 24.7. The molecule has 15 heteroatoms. The second-order valence-corrected chi connectivity index (χ2v) is 19.2. The first kappa shape index (κ1) is 49.4. The van der Waals surface area contributed by atoms with Gasteiger partial charge in [-0.1, -0.05) is 27.7 Å². The average molecular weight is 786 g/mol. The van der Waals surface area contributed by atoms with Gasteiger partial charge in [-0.25, -0.2) is 0 Å². The average Bonchev–Trinajstić information content (AvgIpc) is 3.01. The number of hydrogen-bond donors (Lipinski definition) is 6. The number of aliphatic hydroxyl groups is 1. The lowest BCUT2D eigenvalue weighted by atomic mass is 9.92. The van der Waals surface area contributed by atoms with Crippen LogP contribution in [0, 0.1) is 5.41 Å². The molecule has 0 aliphatic heterocycles. The molecule has 294 valence electrons. The van der Waals surface area contributed by atoms with Crippen LogP contribution in [0.4, 0.5) is 0 Å². The fourth-order valence-corrected chi connectivity index (χ4v) is 7.78. The van der Waals surface area contributed by atoms with E-state index in [0.717, 1.165) is 19.3 Å². The molecular formula is C35H68N3O8PS3. The van der Waals surface area contributed by atoms with Gasteiger partial charge in [0.2, 0.25) is 11.8 Å². The van der Waals surface area contributed by atoms with E-state index in [-0.39, 0.29) is 43.3 Å². The number of carbonyl (C=O) groups excluding carboxylic acids is 3. The molecule has 2 amide bonds. The molecule has 1 rings (SSSR count). The summed E-state index contributed by atoms with van der Waals surface area (Å²) in [6, 6.07) is -1.22. The standard InChI is InChI=1S/C29H54N3O6PS2.C6H14O2S/c1-9-20(33)14-29(7,8)38-17-28(5,6)27(37)32-21(25(34)30-13-12-19(4)39)15-40-23-10-11-24(23)41-16-22(26(35)36)31-18(2)3;1-6(2,5-7)8-3-4-9/h18-19,21-24,31H,9-17,39H2,1-8H3,(H,30,34)(H,32,37)(H,35,36);7,9H,3-5H2,1-2H3. The number of aliphatic carboxylic acids is 1. The van der Waals surface area contributed by atoms with Crippen LogP contribution >= 0.6 is 45.4 Å². The maximum Gasteiger partial charge on any atom is 0.321 e. The van der Waals surface area contributed by atoms with Gasteiger partial charge in [0.05, 0.1) is 36.4 Å². The molecule has 11 nitrogen and oxygen atoms in total. The fourth-order valence-electron chi connectivity index (χ4n) is 4.40. The van der Waals surface area contributed by atoms with Crippen molar-refractivity contribution in [3.8, 4) is 0 Å². The molecule has 0 aromatic rings. The Hall–Kier alpha value is -0.600. The molecule has 0 aromatic carbocycles. The summed E-state index contributed by atoms with van der Waals surface area (Å²) in [6.45, 7) is 20.0. The Bertz CT molecular complexity index is 1030. The molecule has 0 radical (unpaired) electrons. The lowest BCUT2D eigenvalue weighted by molar-refractivity contribution is -0.141. The highest BCUT2D eigenvalue weighted by molar-refractivity contribution is 8.04. The first-order valence-corrected chi connectivity index (χ1v) is 21.1. The van der Waals surface area contributed by atoms with Gasteiger partial charge >= 0.3 is 5.97 Å². The van der Waals surface area contributed by atoms with Crippen LogP contribution in [0.3, 0.4) is 0 Å². The quantitative estimate of drug-likeness (QED) is 0.0568. The number of thiol groups is 1. The van der Waals surface area contributed by atoms with Crippen molar-refractivity contribution >= 4 is 69.0 Å². The summed E-state index contributed by atoms with van der Waals surface area (Å²) >= 11 is 7.29. The third-order valence-corrected chi connectivity index (χ3v) is 11.6. The Morgan fingerprint density at radius 2 is 1.50 bits per heavy atom. The van der Waals surface area contributed by atoms with Gasteiger partial charge in [-0.15, -0.1) is 9.24 Å². The minimum atomic E-state index is -0.908. The Morgan fingerprint density at radius 3 is 1.94 bits per heavy atom. The van der Waals surface area contributed by atoms with Crippen LogP contribution in [0.25, 0.3) is 0 Å². The van der Waals surface area contributed by atoms with Crippen LogP contribution in [0.15, 0.2) is 0 Å². The summed E-state index contributed by atoms with van der Waals surface area (Å²) < 4.78 is 11.2.